The van der Waals surface area contributed by atoms with Crippen molar-refractivity contribution in [3.8, 4) is 17.2 Å². The summed E-state index contributed by atoms with van der Waals surface area (Å²) >= 11 is 5.88. The molecule has 0 spiro atoms. The van der Waals surface area contributed by atoms with E-state index in [0.717, 1.165) is 22.6 Å². The van der Waals surface area contributed by atoms with Gasteiger partial charge in [-0.15, -0.1) is 0 Å². The van der Waals surface area contributed by atoms with Gasteiger partial charge in [0.2, 0.25) is 5.75 Å². The van der Waals surface area contributed by atoms with Gasteiger partial charge in [-0.1, -0.05) is 23.7 Å². The zero-order chi connectivity index (χ0) is 27.4. The SMILES string of the molecule is CCOc1cc(/C=C2\C(=O)NC(=O)N(c3ccc(OCc4ccc(Cl)cc4)cc3)C2=O)cc([N+](=O)[O-])c1O. The number of hydrogen-bond acceptors (Lipinski definition) is 8. The van der Waals surface area contributed by atoms with E-state index in [1.807, 2.05) is 12.1 Å². The first-order chi connectivity index (χ1) is 18.2. The molecule has 1 fully saturated rings. The van der Waals surface area contributed by atoms with Gasteiger partial charge >= 0.3 is 11.7 Å². The van der Waals surface area contributed by atoms with Crippen LogP contribution in [0.5, 0.6) is 17.2 Å². The molecule has 3 aromatic rings. The van der Waals surface area contributed by atoms with Crippen LogP contribution in [0.4, 0.5) is 16.2 Å². The number of barbiturate groups is 1. The second-order valence-electron chi connectivity index (χ2n) is 7.94. The molecule has 38 heavy (non-hydrogen) atoms. The molecule has 3 aromatic carbocycles. The van der Waals surface area contributed by atoms with E-state index in [1.54, 1.807) is 31.2 Å². The van der Waals surface area contributed by atoms with E-state index in [1.165, 1.54) is 18.2 Å². The van der Waals surface area contributed by atoms with Crippen LogP contribution in [0, 0.1) is 10.1 Å². The van der Waals surface area contributed by atoms with Crippen molar-refractivity contribution in [3.05, 3.63) is 92.5 Å². The number of imide groups is 2. The Morgan fingerprint density at radius 3 is 2.37 bits per heavy atom. The number of nitro benzene ring substituents is 1. The van der Waals surface area contributed by atoms with E-state index >= 15 is 0 Å². The molecule has 0 aromatic heterocycles. The number of nitrogens with one attached hydrogen (secondary N) is 1. The van der Waals surface area contributed by atoms with Gasteiger partial charge in [-0.25, -0.2) is 9.69 Å². The fraction of sp³-hybridized carbons (Fsp3) is 0.115. The fourth-order valence-electron chi connectivity index (χ4n) is 3.60. The summed E-state index contributed by atoms with van der Waals surface area (Å²) in [6.07, 6.45) is 1.08. The number of benzene rings is 3. The molecule has 0 radical (unpaired) electrons. The average Bonchev–Trinajstić information content (AvgIpc) is 2.88. The van der Waals surface area contributed by atoms with Crippen LogP contribution in [0.3, 0.4) is 0 Å². The highest BCUT2D eigenvalue weighted by Gasteiger charge is 2.37. The molecule has 2 N–H and O–H groups in total. The summed E-state index contributed by atoms with van der Waals surface area (Å²) in [4.78, 5) is 49.5. The van der Waals surface area contributed by atoms with E-state index < -0.39 is 39.8 Å². The summed E-state index contributed by atoms with van der Waals surface area (Å²) in [6, 6.07) is 14.4. The highest BCUT2D eigenvalue weighted by molar-refractivity contribution is 6.39. The molecule has 0 unspecified atom stereocenters. The molecule has 1 aliphatic rings. The Bertz CT molecular complexity index is 1450. The Labute approximate surface area is 221 Å². The molecule has 1 aliphatic heterocycles. The molecule has 1 heterocycles. The van der Waals surface area contributed by atoms with Gasteiger partial charge in [-0.05, 0) is 66.6 Å². The van der Waals surface area contributed by atoms with Crippen molar-refractivity contribution in [3.63, 3.8) is 0 Å². The van der Waals surface area contributed by atoms with Gasteiger partial charge in [-0.2, -0.15) is 0 Å². The number of phenols is 1. The van der Waals surface area contributed by atoms with Gasteiger partial charge < -0.3 is 14.6 Å². The highest BCUT2D eigenvalue weighted by atomic mass is 35.5. The molecule has 0 atom stereocenters. The van der Waals surface area contributed by atoms with E-state index in [0.29, 0.717) is 10.8 Å². The lowest BCUT2D eigenvalue weighted by atomic mass is 10.1. The quantitative estimate of drug-likeness (QED) is 0.183. The molecule has 4 amide bonds. The Morgan fingerprint density at radius 2 is 1.74 bits per heavy atom. The minimum atomic E-state index is -0.979. The predicted octanol–water partition coefficient (Wildman–Crippen LogP) is 4.60. The number of rotatable bonds is 8. The summed E-state index contributed by atoms with van der Waals surface area (Å²) in [7, 11) is 0. The third-order valence-corrected chi connectivity index (χ3v) is 5.65. The molecular formula is C26H20ClN3O8. The van der Waals surface area contributed by atoms with Gasteiger partial charge in [-0.3, -0.25) is 25.0 Å². The Kier molecular flexibility index (Phi) is 7.58. The Hall–Kier alpha value is -4.90. The van der Waals surface area contributed by atoms with Crippen molar-refractivity contribution in [1.82, 2.24) is 5.32 Å². The van der Waals surface area contributed by atoms with Crippen LogP contribution in [0.1, 0.15) is 18.1 Å². The van der Waals surface area contributed by atoms with Crippen molar-refractivity contribution < 1.29 is 33.9 Å². The first kappa shape index (κ1) is 26.2. The number of carbonyl (C=O) groups is 3. The summed E-state index contributed by atoms with van der Waals surface area (Å²) < 4.78 is 10.9. The molecule has 4 rings (SSSR count). The topological polar surface area (TPSA) is 148 Å². The van der Waals surface area contributed by atoms with Crippen LogP contribution < -0.4 is 19.7 Å². The van der Waals surface area contributed by atoms with Crippen LogP contribution in [0.2, 0.25) is 5.02 Å². The second kappa shape index (κ2) is 11.0. The molecule has 12 heteroatoms. The average molecular weight is 538 g/mol. The van der Waals surface area contributed by atoms with Crippen molar-refractivity contribution in [2.75, 3.05) is 11.5 Å². The summed E-state index contributed by atoms with van der Waals surface area (Å²) in [5.41, 5.74) is -0.0314. The number of nitro groups is 1. The van der Waals surface area contributed by atoms with E-state index in [9.17, 15) is 29.6 Å². The number of carbonyl (C=O) groups excluding carboxylic acids is 3. The van der Waals surface area contributed by atoms with Gasteiger partial charge in [0, 0.05) is 11.1 Å². The summed E-state index contributed by atoms with van der Waals surface area (Å²) in [6.45, 7) is 1.99. The number of halogens is 1. The molecule has 194 valence electrons. The van der Waals surface area contributed by atoms with Crippen LogP contribution in [-0.4, -0.2) is 34.5 Å². The monoisotopic (exact) mass is 537 g/mol. The normalized spacial score (nSPS) is 14.4. The molecule has 1 saturated heterocycles. The summed E-state index contributed by atoms with van der Waals surface area (Å²) in [5.74, 6) is -2.33. The first-order valence-corrected chi connectivity index (χ1v) is 11.6. The number of aromatic hydroxyl groups is 1. The number of ether oxygens (including phenoxy) is 2. The lowest BCUT2D eigenvalue weighted by molar-refractivity contribution is -0.386. The first-order valence-electron chi connectivity index (χ1n) is 11.2. The zero-order valence-corrected chi connectivity index (χ0v) is 20.6. The lowest BCUT2D eigenvalue weighted by Gasteiger charge is -2.26. The van der Waals surface area contributed by atoms with Crippen molar-refractivity contribution >= 4 is 46.9 Å². The standard InChI is InChI=1S/C26H20ClN3O8/c1-2-37-22-13-16(12-21(23(22)31)30(35)36)11-20-24(32)28-26(34)29(25(20)33)18-7-9-19(10-8-18)38-14-15-3-5-17(27)6-4-15/h3-13,31H,2,14H2,1H3,(H,28,32,34)/b20-11+. The van der Waals surface area contributed by atoms with Crippen molar-refractivity contribution in [2.45, 2.75) is 13.5 Å². The molecule has 11 nitrogen and oxygen atoms in total. The zero-order valence-electron chi connectivity index (χ0n) is 19.8. The Balaban J connectivity index is 1.59. The third-order valence-electron chi connectivity index (χ3n) is 5.40. The molecular weight excluding hydrogens is 518 g/mol. The van der Waals surface area contributed by atoms with Crippen LogP contribution in [-0.2, 0) is 16.2 Å². The van der Waals surface area contributed by atoms with Gasteiger partial charge in [0.1, 0.15) is 17.9 Å². The molecule has 0 aliphatic carbocycles. The number of hydrogen-bond donors (Lipinski definition) is 2. The maximum atomic E-state index is 13.2. The third kappa shape index (κ3) is 5.57. The number of phenolic OH excluding ortho intramolecular Hbond substituents is 1. The van der Waals surface area contributed by atoms with Crippen LogP contribution in [0.15, 0.2) is 66.2 Å². The van der Waals surface area contributed by atoms with E-state index in [4.69, 9.17) is 21.1 Å². The molecule has 0 saturated carbocycles. The lowest BCUT2D eigenvalue weighted by Crippen LogP contribution is -2.54. The minimum Gasteiger partial charge on any atom is -0.500 e. The van der Waals surface area contributed by atoms with Crippen LogP contribution >= 0.6 is 11.6 Å². The minimum absolute atomic E-state index is 0.0386. The van der Waals surface area contributed by atoms with Gasteiger partial charge in [0.25, 0.3) is 11.8 Å². The second-order valence-corrected chi connectivity index (χ2v) is 8.38. The van der Waals surface area contributed by atoms with E-state index in [2.05, 4.69) is 5.32 Å². The van der Waals surface area contributed by atoms with Crippen molar-refractivity contribution in [1.29, 1.82) is 0 Å². The maximum Gasteiger partial charge on any atom is 0.335 e. The van der Waals surface area contributed by atoms with Crippen molar-refractivity contribution in [2.24, 2.45) is 0 Å². The Morgan fingerprint density at radius 1 is 1.05 bits per heavy atom. The fourth-order valence-corrected chi connectivity index (χ4v) is 3.73. The number of anilines is 1. The predicted molar refractivity (Wildman–Crippen MR) is 137 cm³/mol. The summed E-state index contributed by atoms with van der Waals surface area (Å²) in [5, 5.41) is 24.1. The van der Waals surface area contributed by atoms with Gasteiger partial charge in [0.15, 0.2) is 5.75 Å². The number of nitrogens with zero attached hydrogens (tertiary/aromatic N) is 2. The highest BCUT2D eigenvalue weighted by Crippen LogP contribution is 2.38. The number of amides is 4. The smallest absolute Gasteiger partial charge is 0.335 e. The number of urea groups is 1. The van der Waals surface area contributed by atoms with Gasteiger partial charge in [0.05, 0.1) is 17.2 Å². The van der Waals surface area contributed by atoms with E-state index in [-0.39, 0.29) is 30.2 Å². The maximum absolute atomic E-state index is 13.2. The molecule has 0 bridgehead atoms. The largest absolute Gasteiger partial charge is 0.500 e. The van der Waals surface area contributed by atoms with Crippen LogP contribution in [0.25, 0.3) is 6.08 Å².